The molecule has 4 nitrogen and oxygen atoms in total. The Balaban J connectivity index is 3.24. The van der Waals surface area contributed by atoms with Gasteiger partial charge in [0.2, 0.25) is 5.91 Å². The second-order valence-electron chi connectivity index (χ2n) is 6.12. The largest absolute Gasteiger partial charge is 0.481 e. The summed E-state index contributed by atoms with van der Waals surface area (Å²) in [6.45, 7) is 8.95. The number of carboxylic acid groups (broad SMARTS) is 1. The van der Waals surface area contributed by atoms with E-state index in [0.29, 0.717) is 6.42 Å². The monoisotopic (exact) mass is 227 g/mol. The van der Waals surface area contributed by atoms with Crippen LogP contribution in [-0.4, -0.2) is 34.5 Å². The van der Waals surface area contributed by atoms with Gasteiger partial charge in [0.1, 0.15) is 0 Å². The fraction of sp³-hybridized carbons (Fsp3) is 0.833. The molecular formula is C12H21NO3. The first-order valence-electron chi connectivity index (χ1n) is 5.48. The van der Waals surface area contributed by atoms with Crippen molar-refractivity contribution in [1.82, 2.24) is 4.90 Å². The Morgan fingerprint density at radius 1 is 1.38 bits per heavy atom. The predicted molar refractivity (Wildman–Crippen MR) is 61.0 cm³/mol. The van der Waals surface area contributed by atoms with E-state index in [4.69, 9.17) is 0 Å². The summed E-state index contributed by atoms with van der Waals surface area (Å²) in [4.78, 5) is 25.2. The van der Waals surface area contributed by atoms with Crippen LogP contribution in [0.1, 0.15) is 41.0 Å². The van der Waals surface area contributed by atoms with Crippen molar-refractivity contribution in [2.75, 3.05) is 7.05 Å². The number of carbonyl (C=O) groups is 2. The molecule has 0 saturated carbocycles. The lowest BCUT2D eigenvalue weighted by Gasteiger charge is -2.35. The second kappa shape index (κ2) is 3.22. The topological polar surface area (TPSA) is 57.6 Å². The highest BCUT2D eigenvalue weighted by molar-refractivity contribution is 5.92. The van der Waals surface area contributed by atoms with Gasteiger partial charge in [-0.2, -0.15) is 0 Å². The lowest BCUT2D eigenvalue weighted by atomic mass is 9.64. The van der Waals surface area contributed by atoms with Crippen molar-refractivity contribution in [3.05, 3.63) is 0 Å². The number of rotatable bonds is 2. The standard InChI is InChI=1S/C12H21NO3/c1-10(2)7-12(5,8(14)13(10)6)11(3,4)9(15)16/h7H2,1-6H3,(H,15,16). The Hall–Kier alpha value is -1.06. The van der Waals surface area contributed by atoms with E-state index in [-0.39, 0.29) is 11.4 Å². The van der Waals surface area contributed by atoms with Crippen molar-refractivity contribution in [1.29, 1.82) is 0 Å². The van der Waals surface area contributed by atoms with Gasteiger partial charge in [0.15, 0.2) is 0 Å². The van der Waals surface area contributed by atoms with Crippen LogP contribution < -0.4 is 0 Å². The molecule has 0 bridgehead atoms. The van der Waals surface area contributed by atoms with Gasteiger partial charge in [-0.15, -0.1) is 0 Å². The van der Waals surface area contributed by atoms with Crippen LogP contribution in [0.3, 0.4) is 0 Å². The van der Waals surface area contributed by atoms with E-state index in [2.05, 4.69) is 0 Å². The van der Waals surface area contributed by atoms with E-state index in [1.165, 1.54) is 0 Å². The highest BCUT2D eigenvalue weighted by Crippen LogP contribution is 2.52. The van der Waals surface area contributed by atoms with Crippen LogP contribution in [-0.2, 0) is 9.59 Å². The van der Waals surface area contributed by atoms with Crippen molar-refractivity contribution >= 4 is 11.9 Å². The molecule has 0 aliphatic carbocycles. The highest BCUT2D eigenvalue weighted by Gasteiger charge is 2.60. The number of nitrogens with zero attached hydrogens (tertiary/aromatic N) is 1. The molecule has 0 aromatic rings. The number of hydrogen-bond acceptors (Lipinski definition) is 2. The second-order valence-corrected chi connectivity index (χ2v) is 6.12. The summed E-state index contributed by atoms with van der Waals surface area (Å²) in [7, 11) is 1.74. The van der Waals surface area contributed by atoms with Gasteiger partial charge >= 0.3 is 5.97 Å². The van der Waals surface area contributed by atoms with Crippen molar-refractivity contribution in [3.63, 3.8) is 0 Å². The molecule has 1 heterocycles. The molecule has 1 N–H and O–H groups in total. The number of carboxylic acids is 1. The fourth-order valence-electron chi connectivity index (χ4n) is 2.43. The Labute approximate surface area is 96.6 Å². The molecule has 1 aliphatic heterocycles. The summed E-state index contributed by atoms with van der Waals surface area (Å²) in [5.74, 6) is -1.00. The molecule has 16 heavy (non-hydrogen) atoms. The minimum atomic E-state index is -1.05. The van der Waals surface area contributed by atoms with Crippen molar-refractivity contribution < 1.29 is 14.7 Å². The van der Waals surface area contributed by atoms with Gasteiger partial charge < -0.3 is 10.0 Å². The Kier molecular flexibility index (Phi) is 2.61. The third-order valence-corrected chi connectivity index (χ3v) is 4.38. The van der Waals surface area contributed by atoms with Gasteiger partial charge in [0.25, 0.3) is 0 Å². The molecule has 4 heteroatoms. The first-order valence-corrected chi connectivity index (χ1v) is 5.48. The molecule has 1 saturated heterocycles. The molecule has 92 valence electrons. The van der Waals surface area contributed by atoms with Crippen molar-refractivity contribution in [2.45, 2.75) is 46.6 Å². The molecular weight excluding hydrogens is 206 g/mol. The van der Waals surface area contributed by atoms with Gasteiger partial charge in [0, 0.05) is 12.6 Å². The zero-order valence-electron chi connectivity index (χ0n) is 10.9. The maximum Gasteiger partial charge on any atom is 0.310 e. The van der Waals surface area contributed by atoms with Gasteiger partial charge in [-0.05, 0) is 41.0 Å². The van der Waals surface area contributed by atoms with E-state index < -0.39 is 16.8 Å². The van der Waals surface area contributed by atoms with Crippen LogP contribution >= 0.6 is 0 Å². The molecule has 1 unspecified atom stereocenters. The molecule has 0 aromatic heterocycles. The van der Waals surface area contributed by atoms with Gasteiger partial charge in [0.05, 0.1) is 10.8 Å². The summed E-state index contributed by atoms with van der Waals surface area (Å²) in [6.07, 6.45) is 0.564. The molecule has 1 fully saturated rings. The molecule has 0 aromatic carbocycles. The quantitative estimate of drug-likeness (QED) is 0.781. The summed E-state index contributed by atoms with van der Waals surface area (Å²) in [6, 6.07) is 0. The summed E-state index contributed by atoms with van der Waals surface area (Å²) in [5.41, 5.74) is -2.16. The predicted octanol–water partition coefficient (Wildman–Crippen LogP) is 1.74. The van der Waals surface area contributed by atoms with Crippen LogP contribution in [0.5, 0.6) is 0 Å². The van der Waals surface area contributed by atoms with E-state index in [1.807, 2.05) is 13.8 Å². The molecule has 1 atom stereocenters. The third kappa shape index (κ3) is 1.43. The average molecular weight is 227 g/mol. The first kappa shape index (κ1) is 13.0. The third-order valence-electron chi connectivity index (χ3n) is 4.38. The Morgan fingerprint density at radius 3 is 2.06 bits per heavy atom. The lowest BCUT2D eigenvalue weighted by Crippen LogP contribution is -2.46. The fourth-order valence-corrected chi connectivity index (χ4v) is 2.43. The zero-order chi connectivity index (χ0) is 12.9. The van der Waals surface area contributed by atoms with E-state index >= 15 is 0 Å². The van der Waals surface area contributed by atoms with Crippen molar-refractivity contribution in [3.8, 4) is 0 Å². The van der Waals surface area contributed by atoms with E-state index in [9.17, 15) is 14.7 Å². The Bertz CT molecular complexity index is 346. The zero-order valence-corrected chi connectivity index (χ0v) is 10.9. The molecule has 0 radical (unpaired) electrons. The maximum atomic E-state index is 12.3. The molecule has 1 rings (SSSR count). The number of carbonyl (C=O) groups excluding carboxylic acids is 1. The van der Waals surface area contributed by atoms with Crippen LogP contribution in [0.25, 0.3) is 0 Å². The molecule has 1 amide bonds. The van der Waals surface area contributed by atoms with Crippen LogP contribution in [0.4, 0.5) is 0 Å². The van der Waals surface area contributed by atoms with Gasteiger partial charge in [-0.1, -0.05) is 0 Å². The highest BCUT2D eigenvalue weighted by atomic mass is 16.4. The maximum absolute atomic E-state index is 12.3. The SMILES string of the molecule is CN1C(=O)C(C)(C(C)(C)C(=O)O)CC1(C)C. The number of likely N-dealkylation sites (tertiary alicyclic amines) is 1. The number of aliphatic carboxylic acids is 1. The normalized spacial score (nSPS) is 29.6. The van der Waals surface area contributed by atoms with E-state index in [1.54, 1.807) is 32.7 Å². The van der Waals surface area contributed by atoms with Crippen LogP contribution in [0.15, 0.2) is 0 Å². The van der Waals surface area contributed by atoms with Gasteiger partial charge in [-0.3, -0.25) is 9.59 Å². The lowest BCUT2D eigenvalue weighted by molar-refractivity contribution is -0.160. The summed E-state index contributed by atoms with van der Waals surface area (Å²) in [5, 5.41) is 9.27. The average Bonchev–Trinajstić information content (AvgIpc) is 2.27. The summed E-state index contributed by atoms with van der Waals surface area (Å²) >= 11 is 0. The Morgan fingerprint density at radius 2 is 1.81 bits per heavy atom. The molecule has 1 aliphatic rings. The summed E-state index contributed by atoms with van der Waals surface area (Å²) < 4.78 is 0. The van der Waals surface area contributed by atoms with Gasteiger partial charge in [-0.25, -0.2) is 0 Å². The minimum Gasteiger partial charge on any atom is -0.481 e. The first-order chi connectivity index (χ1) is 6.97. The van der Waals surface area contributed by atoms with E-state index in [0.717, 1.165) is 0 Å². The van der Waals surface area contributed by atoms with Crippen molar-refractivity contribution in [2.24, 2.45) is 10.8 Å². The smallest absolute Gasteiger partial charge is 0.310 e. The number of hydrogen-bond donors (Lipinski definition) is 1. The molecule has 0 spiro atoms. The minimum absolute atomic E-state index is 0.0788. The van der Waals surface area contributed by atoms with Crippen LogP contribution in [0.2, 0.25) is 0 Å². The number of amides is 1. The van der Waals surface area contributed by atoms with Crippen LogP contribution in [0, 0.1) is 10.8 Å².